The van der Waals surface area contributed by atoms with Gasteiger partial charge < -0.3 is 14.8 Å². The first-order valence-corrected chi connectivity index (χ1v) is 8.62. The smallest absolute Gasteiger partial charge is 0.489 e. The molecule has 22 heavy (non-hydrogen) atoms. The van der Waals surface area contributed by atoms with Crippen molar-refractivity contribution in [1.82, 2.24) is 0 Å². The molecule has 0 heterocycles. The zero-order chi connectivity index (χ0) is 15.5. The fourth-order valence-corrected chi connectivity index (χ4v) is 6.04. The predicted octanol–water partition coefficient (Wildman–Crippen LogP) is 2.50. The van der Waals surface area contributed by atoms with Crippen molar-refractivity contribution in [3.05, 3.63) is 22.7 Å². The number of hydrogen-bond acceptors (Lipinski definition) is 3. The maximum atomic E-state index is 9.60. The molecule has 4 fully saturated rings. The maximum absolute atomic E-state index is 9.60. The van der Waals surface area contributed by atoms with E-state index in [0.29, 0.717) is 10.5 Å². The van der Waals surface area contributed by atoms with Gasteiger partial charge in [0, 0.05) is 16.0 Å². The summed E-state index contributed by atoms with van der Waals surface area (Å²) in [6.45, 7) is 0. The third kappa shape index (κ3) is 2.19. The Morgan fingerprint density at radius 1 is 1.09 bits per heavy atom. The van der Waals surface area contributed by atoms with Crippen molar-refractivity contribution >= 4 is 24.2 Å². The largest absolute Gasteiger partial charge is 0.496 e. The first-order chi connectivity index (χ1) is 10.5. The fraction of sp³-hybridized carbons (Fsp3) is 0.647. The quantitative estimate of drug-likeness (QED) is 0.841. The van der Waals surface area contributed by atoms with Gasteiger partial charge >= 0.3 is 7.12 Å². The van der Waals surface area contributed by atoms with Gasteiger partial charge in [-0.05, 0) is 67.8 Å². The molecule has 0 saturated heterocycles. The molecule has 4 saturated carbocycles. The molecular formula is C17H22BClO3. The van der Waals surface area contributed by atoms with E-state index in [1.807, 2.05) is 6.07 Å². The third-order valence-corrected chi connectivity index (χ3v) is 6.53. The molecule has 0 amide bonds. The van der Waals surface area contributed by atoms with Gasteiger partial charge in [-0.3, -0.25) is 0 Å². The molecule has 5 heteroatoms. The van der Waals surface area contributed by atoms with Crippen molar-refractivity contribution in [3.8, 4) is 5.75 Å². The minimum absolute atomic E-state index is 0.147. The molecule has 118 valence electrons. The number of halogens is 1. The lowest BCUT2D eigenvalue weighted by Crippen LogP contribution is -2.49. The average Bonchev–Trinajstić information content (AvgIpc) is 2.44. The van der Waals surface area contributed by atoms with Gasteiger partial charge in [-0.25, -0.2) is 0 Å². The van der Waals surface area contributed by atoms with Gasteiger partial charge in [0.1, 0.15) is 5.75 Å². The molecule has 3 nitrogen and oxygen atoms in total. The van der Waals surface area contributed by atoms with Crippen LogP contribution < -0.4 is 10.2 Å². The second-order valence-electron chi connectivity index (χ2n) is 7.65. The van der Waals surface area contributed by atoms with Gasteiger partial charge in [0.2, 0.25) is 0 Å². The second kappa shape index (κ2) is 5.15. The Morgan fingerprint density at radius 3 is 2.09 bits per heavy atom. The van der Waals surface area contributed by atoms with Crippen molar-refractivity contribution in [3.63, 3.8) is 0 Å². The van der Waals surface area contributed by atoms with Crippen LogP contribution in [0.2, 0.25) is 5.02 Å². The Kier molecular flexibility index (Phi) is 3.48. The lowest BCUT2D eigenvalue weighted by Gasteiger charge is -2.57. The standard InChI is InChI=1S/C17H22BClO3/c1-22-16-6-15(19)14(18(20)21)5-13(16)17-7-10-2-11(8-17)4-12(3-10)9-17/h5-6,10-12,20-21H,2-4,7-9H2,1H3. The molecule has 0 aromatic heterocycles. The van der Waals surface area contributed by atoms with Crippen molar-refractivity contribution in [2.24, 2.45) is 17.8 Å². The highest BCUT2D eigenvalue weighted by Gasteiger charge is 2.52. The normalized spacial score (nSPS) is 35.7. The fourth-order valence-electron chi connectivity index (χ4n) is 5.79. The lowest BCUT2D eigenvalue weighted by molar-refractivity contribution is -0.00612. The third-order valence-electron chi connectivity index (χ3n) is 6.21. The Hall–Kier alpha value is -0.705. The molecule has 4 aliphatic carbocycles. The zero-order valence-electron chi connectivity index (χ0n) is 12.9. The summed E-state index contributed by atoms with van der Waals surface area (Å²) in [4.78, 5) is 0. The Morgan fingerprint density at radius 2 is 1.64 bits per heavy atom. The summed E-state index contributed by atoms with van der Waals surface area (Å²) in [5.74, 6) is 3.29. The van der Waals surface area contributed by atoms with E-state index >= 15 is 0 Å². The first kappa shape index (κ1) is 14.9. The van der Waals surface area contributed by atoms with Crippen LogP contribution in [0.1, 0.15) is 44.1 Å². The van der Waals surface area contributed by atoms with Gasteiger partial charge in [0.15, 0.2) is 0 Å². The minimum Gasteiger partial charge on any atom is -0.496 e. The van der Waals surface area contributed by atoms with E-state index in [1.54, 1.807) is 13.2 Å². The van der Waals surface area contributed by atoms with Gasteiger partial charge in [-0.15, -0.1) is 0 Å². The molecular weight excluding hydrogens is 298 g/mol. The molecule has 4 bridgehead atoms. The van der Waals surface area contributed by atoms with Crippen LogP contribution in [0.3, 0.4) is 0 Å². The topological polar surface area (TPSA) is 49.7 Å². The van der Waals surface area contributed by atoms with E-state index in [2.05, 4.69) is 0 Å². The summed E-state index contributed by atoms with van der Waals surface area (Å²) in [5, 5.41) is 19.6. The predicted molar refractivity (Wildman–Crippen MR) is 87.7 cm³/mol. The summed E-state index contributed by atoms with van der Waals surface area (Å²) in [6, 6.07) is 3.64. The summed E-state index contributed by atoms with van der Waals surface area (Å²) >= 11 is 6.18. The summed E-state index contributed by atoms with van der Waals surface area (Å²) < 4.78 is 5.60. The molecule has 0 spiro atoms. The first-order valence-electron chi connectivity index (χ1n) is 8.25. The molecule has 0 radical (unpaired) electrons. The molecule has 1 aromatic rings. The number of benzene rings is 1. The van der Waals surface area contributed by atoms with Crippen molar-refractivity contribution in [2.75, 3.05) is 7.11 Å². The SMILES string of the molecule is COc1cc(Cl)c(B(O)O)cc1C12CC3CC(CC(C3)C1)C2. The van der Waals surface area contributed by atoms with Gasteiger partial charge in [0.25, 0.3) is 0 Å². The molecule has 0 aliphatic heterocycles. The van der Waals surface area contributed by atoms with Crippen molar-refractivity contribution in [2.45, 2.75) is 43.9 Å². The molecule has 0 unspecified atom stereocenters. The van der Waals surface area contributed by atoms with E-state index in [0.717, 1.165) is 29.1 Å². The Balaban J connectivity index is 1.83. The van der Waals surface area contributed by atoms with Crippen LogP contribution in [0.25, 0.3) is 0 Å². The molecule has 1 aromatic carbocycles. The minimum atomic E-state index is -1.54. The van der Waals surface area contributed by atoms with Gasteiger partial charge in [0.05, 0.1) is 7.11 Å². The van der Waals surface area contributed by atoms with Crippen LogP contribution in [0.4, 0.5) is 0 Å². The van der Waals surface area contributed by atoms with Crippen LogP contribution >= 0.6 is 11.6 Å². The van der Waals surface area contributed by atoms with E-state index in [1.165, 1.54) is 38.5 Å². The summed E-state index contributed by atoms with van der Waals surface area (Å²) in [6.07, 6.45) is 7.76. The highest BCUT2D eigenvalue weighted by atomic mass is 35.5. The number of methoxy groups -OCH3 is 1. The lowest BCUT2D eigenvalue weighted by atomic mass is 9.47. The number of ether oxygens (including phenoxy) is 1. The average molecular weight is 321 g/mol. The van der Waals surface area contributed by atoms with Gasteiger partial charge in [-0.2, -0.15) is 0 Å². The maximum Gasteiger partial charge on any atom is 0.489 e. The number of rotatable bonds is 3. The van der Waals surface area contributed by atoms with Crippen LogP contribution in [0, 0.1) is 17.8 Å². The Bertz CT molecular complexity index is 567. The highest BCUT2D eigenvalue weighted by molar-refractivity contribution is 6.62. The monoisotopic (exact) mass is 320 g/mol. The van der Waals surface area contributed by atoms with E-state index in [-0.39, 0.29) is 5.41 Å². The molecule has 2 N–H and O–H groups in total. The number of hydrogen-bond donors (Lipinski definition) is 2. The van der Waals surface area contributed by atoms with E-state index in [9.17, 15) is 10.0 Å². The van der Waals surface area contributed by atoms with Crippen LogP contribution in [0.5, 0.6) is 5.75 Å². The summed E-state index contributed by atoms with van der Waals surface area (Å²) in [7, 11) is 0.135. The summed E-state index contributed by atoms with van der Waals surface area (Å²) in [5.41, 5.74) is 1.68. The molecule has 0 atom stereocenters. The van der Waals surface area contributed by atoms with Crippen LogP contribution in [-0.4, -0.2) is 24.3 Å². The Labute approximate surface area is 136 Å². The molecule has 4 aliphatic rings. The van der Waals surface area contributed by atoms with Crippen molar-refractivity contribution in [1.29, 1.82) is 0 Å². The van der Waals surface area contributed by atoms with Gasteiger partial charge in [-0.1, -0.05) is 17.7 Å². The van der Waals surface area contributed by atoms with E-state index in [4.69, 9.17) is 16.3 Å². The van der Waals surface area contributed by atoms with E-state index < -0.39 is 7.12 Å². The van der Waals surface area contributed by atoms with Crippen LogP contribution in [-0.2, 0) is 5.41 Å². The highest BCUT2D eigenvalue weighted by Crippen LogP contribution is 2.61. The van der Waals surface area contributed by atoms with Crippen LogP contribution in [0.15, 0.2) is 12.1 Å². The second-order valence-corrected chi connectivity index (χ2v) is 8.05. The molecule has 5 rings (SSSR count). The van der Waals surface area contributed by atoms with Crippen molar-refractivity contribution < 1.29 is 14.8 Å². The zero-order valence-corrected chi connectivity index (χ0v) is 13.6.